The first kappa shape index (κ1) is 20.1. The number of aryl methyl sites for hydroxylation is 2. The Morgan fingerprint density at radius 3 is 2.64 bits per heavy atom. The Labute approximate surface area is 167 Å². The molecule has 0 saturated heterocycles. The molecule has 1 N–H and O–H groups in total. The van der Waals surface area contributed by atoms with Gasteiger partial charge in [0.1, 0.15) is 5.00 Å². The average molecular weight is 401 g/mol. The van der Waals surface area contributed by atoms with Crippen LogP contribution in [0.4, 0.5) is 5.00 Å². The van der Waals surface area contributed by atoms with Crippen molar-refractivity contribution in [3.8, 4) is 0 Å². The van der Waals surface area contributed by atoms with Gasteiger partial charge in [-0.2, -0.15) is 0 Å². The Kier molecular flexibility index (Phi) is 6.81. The van der Waals surface area contributed by atoms with E-state index in [1.807, 2.05) is 30.3 Å². The maximum Gasteiger partial charge on any atom is 0.341 e. The summed E-state index contributed by atoms with van der Waals surface area (Å²) in [6.07, 6.45) is 3.48. The van der Waals surface area contributed by atoms with Crippen LogP contribution in [0.25, 0.3) is 0 Å². The minimum absolute atomic E-state index is 0.207. The highest BCUT2D eigenvalue weighted by Crippen LogP contribution is 2.39. The summed E-state index contributed by atoms with van der Waals surface area (Å²) in [7, 11) is 0. The molecule has 1 aromatic heterocycles. The van der Waals surface area contributed by atoms with Crippen molar-refractivity contribution in [2.24, 2.45) is 0 Å². The third kappa shape index (κ3) is 4.98. The van der Waals surface area contributed by atoms with Gasteiger partial charge in [-0.25, -0.2) is 4.79 Å². The van der Waals surface area contributed by atoms with Crippen LogP contribution in [0.2, 0.25) is 0 Å². The number of esters is 2. The first-order valence-electron chi connectivity index (χ1n) is 9.39. The van der Waals surface area contributed by atoms with Crippen molar-refractivity contribution in [2.45, 2.75) is 39.0 Å². The maximum atomic E-state index is 12.3. The van der Waals surface area contributed by atoms with Gasteiger partial charge in [0, 0.05) is 11.3 Å². The second-order valence-corrected chi connectivity index (χ2v) is 7.58. The summed E-state index contributed by atoms with van der Waals surface area (Å²) in [5.74, 6) is -1.31. The van der Waals surface area contributed by atoms with E-state index >= 15 is 0 Å². The Balaban J connectivity index is 1.53. The van der Waals surface area contributed by atoms with Gasteiger partial charge < -0.3 is 14.8 Å². The Hall–Kier alpha value is -2.67. The molecular formula is C21H23NO5S. The zero-order valence-corrected chi connectivity index (χ0v) is 16.6. The molecule has 0 aliphatic heterocycles. The van der Waals surface area contributed by atoms with E-state index in [0.717, 1.165) is 35.3 Å². The number of fused-ring (bicyclic) bond motifs is 1. The Morgan fingerprint density at radius 1 is 1.11 bits per heavy atom. The van der Waals surface area contributed by atoms with Gasteiger partial charge in [-0.15, -0.1) is 11.3 Å². The van der Waals surface area contributed by atoms with Crippen LogP contribution in [0.5, 0.6) is 0 Å². The van der Waals surface area contributed by atoms with Gasteiger partial charge in [0.05, 0.1) is 12.2 Å². The van der Waals surface area contributed by atoms with Crippen LogP contribution in [0.15, 0.2) is 30.3 Å². The van der Waals surface area contributed by atoms with Crippen LogP contribution < -0.4 is 5.32 Å². The molecule has 0 fully saturated rings. The van der Waals surface area contributed by atoms with Crippen molar-refractivity contribution in [1.29, 1.82) is 0 Å². The molecule has 0 atom stereocenters. The lowest BCUT2D eigenvalue weighted by molar-refractivity contribution is -0.147. The number of carbonyl (C=O) groups is 3. The molecule has 3 rings (SSSR count). The number of carbonyl (C=O) groups excluding carboxylic acids is 3. The van der Waals surface area contributed by atoms with E-state index in [1.165, 1.54) is 11.3 Å². The van der Waals surface area contributed by atoms with Crippen LogP contribution >= 0.6 is 11.3 Å². The number of benzene rings is 1. The van der Waals surface area contributed by atoms with E-state index in [-0.39, 0.29) is 19.6 Å². The van der Waals surface area contributed by atoms with Crippen LogP contribution in [0.1, 0.15) is 46.1 Å². The molecule has 2 aromatic rings. The molecule has 1 aliphatic rings. The van der Waals surface area contributed by atoms with E-state index in [4.69, 9.17) is 9.47 Å². The second-order valence-electron chi connectivity index (χ2n) is 6.48. The lowest BCUT2D eigenvalue weighted by Crippen LogP contribution is -2.22. The smallest absolute Gasteiger partial charge is 0.341 e. The zero-order chi connectivity index (χ0) is 19.9. The number of rotatable bonds is 8. The van der Waals surface area contributed by atoms with Crippen molar-refractivity contribution in [3.63, 3.8) is 0 Å². The fraction of sp³-hybridized carbons (Fsp3) is 0.381. The molecule has 0 saturated carbocycles. The second kappa shape index (κ2) is 9.50. The molecule has 28 heavy (non-hydrogen) atoms. The minimum atomic E-state index is -0.460. The van der Waals surface area contributed by atoms with Crippen LogP contribution in [-0.4, -0.2) is 31.1 Å². The van der Waals surface area contributed by atoms with Crippen molar-refractivity contribution < 1.29 is 23.9 Å². The Morgan fingerprint density at radius 2 is 1.89 bits per heavy atom. The number of ether oxygens (including phenoxy) is 2. The summed E-state index contributed by atoms with van der Waals surface area (Å²) >= 11 is 1.40. The number of thiophene rings is 1. The normalized spacial score (nSPS) is 12.3. The summed E-state index contributed by atoms with van der Waals surface area (Å²) < 4.78 is 10.2. The summed E-state index contributed by atoms with van der Waals surface area (Å²) in [5, 5.41) is 3.19. The summed E-state index contributed by atoms with van der Waals surface area (Å²) in [6, 6.07) is 9.61. The fourth-order valence-corrected chi connectivity index (χ4v) is 4.48. The van der Waals surface area contributed by atoms with Crippen LogP contribution in [-0.2, 0) is 38.3 Å². The fourth-order valence-electron chi connectivity index (χ4n) is 3.18. The summed E-state index contributed by atoms with van der Waals surface area (Å²) in [5.41, 5.74) is 2.46. The summed E-state index contributed by atoms with van der Waals surface area (Å²) in [6.45, 7) is 1.64. The largest absolute Gasteiger partial charge is 0.462 e. The Bertz CT molecular complexity index is 859. The topological polar surface area (TPSA) is 81.7 Å². The van der Waals surface area contributed by atoms with E-state index < -0.39 is 17.8 Å². The molecule has 1 aliphatic carbocycles. The first-order chi connectivity index (χ1) is 13.6. The lowest BCUT2D eigenvalue weighted by Gasteiger charge is -2.08. The molecule has 0 bridgehead atoms. The van der Waals surface area contributed by atoms with Gasteiger partial charge in [-0.05, 0) is 43.7 Å². The van der Waals surface area contributed by atoms with Gasteiger partial charge in [0.2, 0.25) is 0 Å². The van der Waals surface area contributed by atoms with Crippen molar-refractivity contribution in [3.05, 3.63) is 51.9 Å². The predicted octanol–water partition coefficient (Wildman–Crippen LogP) is 3.53. The van der Waals surface area contributed by atoms with E-state index in [0.29, 0.717) is 17.0 Å². The molecular weight excluding hydrogens is 378 g/mol. The average Bonchev–Trinajstić information content (AvgIpc) is 3.26. The third-order valence-electron chi connectivity index (χ3n) is 4.48. The number of anilines is 1. The SMILES string of the molecule is CCOC(=O)c1c(NC(=O)COC(=O)CCc2ccccc2)sc2c1CCC2. The highest BCUT2D eigenvalue weighted by Gasteiger charge is 2.28. The van der Waals surface area contributed by atoms with Crippen molar-refractivity contribution >= 4 is 34.2 Å². The van der Waals surface area contributed by atoms with Crippen molar-refractivity contribution in [2.75, 3.05) is 18.5 Å². The number of amides is 1. The molecule has 0 unspecified atom stereocenters. The highest BCUT2D eigenvalue weighted by molar-refractivity contribution is 7.17. The standard InChI is InChI=1S/C21H23NO5S/c1-2-26-21(25)19-15-9-6-10-16(15)28-20(19)22-17(23)13-27-18(24)12-11-14-7-4-3-5-8-14/h3-5,7-8H,2,6,9-13H2,1H3,(H,22,23). The van der Waals surface area contributed by atoms with Gasteiger partial charge in [0.15, 0.2) is 6.61 Å². The zero-order valence-electron chi connectivity index (χ0n) is 15.8. The van der Waals surface area contributed by atoms with Crippen molar-refractivity contribution in [1.82, 2.24) is 0 Å². The summed E-state index contributed by atoms with van der Waals surface area (Å²) in [4.78, 5) is 37.5. The number of hydrogen-bond donors (Lipinski definition) is 1. The molecule has 1 aromatic carbocycles. The molecule has 0 radical (unpaired) electrons. The highest BCUT2D eigenvalue weighted by atomic mass is 32.1. The molecule has 6 nitrogen and oxygen atoms in total. The van der Waals surface area contributed by atoms with E-state index in [2.05, 4.69) is 5.32 Å². The van der Waals surface area contributed by atoms with E-state index in [1.54, 1.807) is 6.92 Å². The van der Waals surface area contributed by atoms with E-state index in [9.17, 15) is 14.4 Å². The maximum absolute atomic E-state index is 12.3. The molecule has 1 heterocycles. The first-order valence-corrected chi connectivity index (χ1v) is 10.2. The lowest BCUT2D eigenvalue weighted by atomic mass is 10.1. The molecule has 7 heteroatoms. The molecule has 0 spiro atoms. The monoisotopic (exact) mass is 401 g/mol. The van der Waals surface area contributed by atoms with Crippen LogP contribution in [0, 0.1) is 0 Å². The van der Waals surface area contributed by atoms with Gasteiger partial charge in [-0.1, -0.05) is 30.3 Å². The number of hydrogen-bond acceptors (Lipinski definition) is 6. The van der Waals surface area contributed by atoms with Crippen LogP contribution in [0.3, 0.4) is 0 Å². The number of nitrogens with one attached hydrogen (secondary N) is 1. The van der Waals surface area contributed by atoms with Gasteiger partial charge >= 0.3 is 11.9 Å². The van der Waals surface area contributed by atoms with Gasteiger partial charge in [0.25, 0.3) is 5.91 Å². The predicted molar refractivity (Wildman–Crippen MR) is 107 cm³/mol. The third-order valence-corrected chi connectivity index (χ3v) is 5.69. The quantitative estimate of drug-likeness (QED) is 0.685. The van der Waals surface area contributed by atoms with Gasteiger partial charge in [-0.3, -0.25) is 9.59 Å². The molecule has 148 valence electrons. The molecule has 1 amide bonds. The minimum Gasteiger partial charge on any atom is -0.462 e.